The van der Waals surface area contributed by atoms with Gasteiger partial charge in [-0.15, -0.1) is 0 Å². The molecule has 0 aromatic heterocycles. The third-order valence-corrected chi connectivity index (χ3v) is 8.51. The van der Waals surface area contributed by atoms with Gasteiger partial charge in [0, 0.05) is 25.0 Å². The molecule has 1 aliphatic rings. The van der Waals surface area contributed by atoms with Gasteiger partial charge in [-0.1, -0.05) is 97.9 Å². The first kappa shape index (κ1) is 32.8. The maximum Gasteiger partial charge on any atom is 0.306 e. The van der Waals surface area contributed by atoms with Crippen molar-refractivity contribution in [1.82, 2.24) is 10.4 Å². The Labute approximate surface area is 269 Å². The van der Waals surface area contributed by atoms with Crippen molar-refractivity contribution >= 4 is 29.1 Å². The third-order valence-electron chi connectivity index (χ3n) is 8.51. The lowest BCUT2D eigenvalue weighted by molar-refractivity contribution is -0.194. The standard InChI is InChI=1S/C37H40N2O7/c1-4-44-37(45-5-2)24(3)35(31-20-12-14-25-13-6-7-15-26(25)31)38-36(43)33(21-34(41)42)39(23-40)46-22-32-29-18-10-8-16-27(29)28-17-9-11-19-30(28)32/h6-20,23-24,32-33,35,37H,4-5,21-22H2,1-3H3,(H,38,43)(H,41,42)/t24-,33?,35?/m0/s1. The van der Waals surface area contributed by atoms with Crippen LogP contribution in [0.2, 0.25) is 0 Å². The summed E-state index contributed by atoms with van der Waals surface area (Å²) in [5, 5.41) is 15.6. The van der Waals surface area contributed by atoms with Crippen LogP contribution in [0.25, 0.3) is 21.9 Å². The molecule has 0 bridgehead atoms. The van der Waals surface area contributed by atoms with Crippen molar-refractivity contribution < 1.29 is 33.8 Å². The van der Waals surface area contributed by atoms with Crippen LogP contribution < -0.4 is 5.32 Å². The molecule has 5 rings (SSSR count). The summed E-state index contributed by atoms with van der Waals surface area (Å²) in [5.74, 6) is -2.51. The van der Waals surface area contributed by atoms with Crippen LogP contribution in [0, 0.1) is 5.92 Å². The fourth-order valence-electron chi connectivity index (χ4n) is 6.36. The van der Waals surface area contributed by atoms with E-state index in [1.807, 2.05) is 112 Å². The lowest BCUT2D eigenvalue weighted by atomic mass is 9.89. The Hall–Kier alpha value is -4.57. The molecule has 0 radical (unpaired) electrons. The number of aliphatic carboxylic acids is 1. The minimum Gasteiger partial charge on any atom is -0.481 e. The predicted octanol–water partition coefficient (Wildman–Crippen LogP) is 6.08. The molecule has 0 saturated carbocycles. The summed E-state index contributed by atoms with van der Waals surface area (Å²) >= 11 is 0. The van der Waals surface area contributed by atoms with Gasteiger partial charge in [0.1, 0.15) is 6.04 Å². The number of nitrogens with zero attached hydrogens (tertiary/aromatic N) is 1. The number of carbonyl (C=O) groups is 3. The maximum atomic E-state index is 14.1. The predicted molar refractivity (Wildman–Crippen MR) is 175 cm³/mol. The van der Waals surface area contributed by atoms with Crippen LogP contribution in [0.5, 0.6) is 0 Å². The summed E-state index contributed by atoms with van der Waals surface area (Å²) in [7, 11) is 0. The fraction of sp³-hybridized carbons (Fsp3) is 0.324. The summed E-state index contributed by atoms with van der Waals surface area (Å²) in [5.41, 5.74) is 5.05. The van der Waals surface area contributed by atoms with Crippen LogP contribution in [0.3, 0.4) is 0 Å². The van der Waals surface area contributed by atoms with Crippen molar-refractivity contribution in [3.63, 3.8) is 0 Å². The smallest absolute Gasteiger partial charge is 0.306 e. The van der Waals surface area contributed by atoms with E-state index in [2.05, 4.69) is 5.32 Å². The number of hydroxylamine groups is 2. The molecule has 4 aromatic carbocycles. The van der Waals surface area contributed by atoms with Gasteiger partial charge in [0.25, 0.3) is 0 Å². The molecular formula is C37H40N2O7. The highest BCUT2D eigenvalue weighted by Crippen LogP contribution is 2.44. The van der Waals surface area contributed by atoms with Crippen LogP contribution in [-0.2, 0) is 28.7 Å². The number of amides is 2. The average Bonchev–Trinajstić information content (AvgIpc) is 3.39. The topological polar surface area (TPSA) is 114 Å². The highest BCUT2D eigenvalue weighted by molar-refractivity contribution is 5.90. The Kier molecular flexibility index (Phi) is 10.8. The molecule has 2 amide bonds. The molecule has 3 atom stereocenters. The second kappa shape index (κ2) is 15.1. The van der Waals surface area contributed by atoms with Gasteiger partial charge < -0.3 is 19.9 Å². The van der Waals surface area contributed by atoms with Crippen LogP contribution in [0.1, 0.15) is 55.8 Å². The number of hydrogen-bond acceptors (Lipinski definition) is 6. The SMILES string of the molecule is CCOC(OCC)[C@@H](C)C(NC(=O)C(CC(=O)O)N(C=O)OCC1c2ccccc2-c2ccccc21)c1cccc2ccccc12. The molecule has 240 valence electrons. The molecule has 46 heavy (non-hydrogen) atoms. The molecule has 4 aromatic rings. The highest BCUT2D eigenvalue weighted by atomic mass is 16.7. The largest absolute Gasteiger partial charge is 0.481 e. The van der Waals surface area contributed by atoms with Gasteiger partial charge >= 0.3 is 5.97 Å². The number of rotatable bonds is 16. The number of benzene rings is 4. The quantitative estimate of drug-likeness (QED) is 0.0883. The number of carboxylic acid groups (broad SMARTS) is 1. The van der Waals surface area contributed by atoms with Crippen molar-refractivity contribution in [2.75, 3.05) is 19.8 Å². The lowest BCUT2D eigenvalue weighted by Crippen LogP contribution is -2.50. The van der Waals surface area contributed by atoms with Gasteiger partial charge in [0.15, 0.2) is 6.29 Å². The van der Waals surface area contributed by atoms with E-state index in [9.17, 15) is 19.5 Å². The zero-order valence-electron chi connectivity index (χ0n) is 26.3. The Morgan fingerprint density at radius 2 is 1.46 bits per heavy atom. The van der Waals surface area contributed by atoms with Gasteiger partial charge in [-0.3, -0.25) is 19.2 Å². The molecule has 2 N–H and O–H groups in total. The number of nitrogens with one attached hydrogen (secondary N) is 1. The van der Waals surface area contributed by atoms with Crippen molar-refractivity contribution in [3.8, 4) is 11.1 Å². The molecule has 0 aliphatic heterocycles. The van der Waals surface area contributed by atoms with Gasteiger partial charge in [-0.05, 0) is 52.4 Å². The molecule has 2 unspecified atom stereocenters. The zero-order chi connectivity index (χ0) is 32.6. The second-order valence-corrected chi connectivity index (χ2v) is 11.3. The number of fused-ring (bicyclic) bond motifs is 4. The van der Waals surface area contributed by atoms with Crippen molar-refractivity contribution in [2.45, 2.75) is 51.5 Å². The monoisotopic (exact) mass is 624 g/mol. The Balaban J connectivity index is 1.44. The van der Waals surface area contributed by atoms with Crippen LogP contribution in [0.15, 0.2) is 91.0 Å². The van der Waals surface area contributed by atoms with E-state index in [1.165, 1.54) is 0 Å². The number of hydrogen-bond donors (Lipinski definition) is 2. The van der Waals surface area contributed by atoms with Crippen molar-refractivity contribution in [1.29, 1.82) is 0 Å². The van der Waals surface area contributed by atoms with E-state index in [1.54, 1.807) is 0 Å². The molecule has 0 spiro atoms. The van der Waals surface area contributed by atoms with E-state index in [-0.39, 0.29) is 12.5 Å². The number of carboxylic acids is 1. The van der Waals surface area contributed by atoms with Gasteiger partial charge in [0.05, 0.1) is 19.1 Å². The summed E-state index contributed by atoms with van der Waals surface area (Å²) in [6, 6.07) is 27.5. The van der Waals surface area contributed by atoms with E-state index in [0.29, 0.717) is 19.6 Å². The Morgan fingerprint density at radius 3 is 2.07 bits per heavy atom. The summed E-state index contributed by atoms with van der Waals surface area (Å²) < 4.78 is 11.9. The van der Waals surface area contributed by atoms with Crippen LogP contribution >= 0.6 is 0 Å². The summed E-state index contributed by atoms with van der Waals surface area (Å²) in [6.07, 6.45) is -0.933. The molecule has 9 heteroatoms. The minimum atomic E-state index is -1.44. The van der Waals surface area contributed by atoms with Crippen molar-refractivity contribution in [2.24, 2.45) is 5.92 Å². The fourth-order valence-corrected chi connectivity index (χ4v) is 6.36. The van der Waals surface area contributed by atoms with E-state index < -0.39 is 42.6 Å². The normalized spacial score (nSPS) is 14.3. The number of ether oxygens (including phenoxy) is 2. The van der Waals surface area contributed by atoms with E-state index in [0.717, 1.165) is 43.7 Å². The van der Waals surface area contributed by atoms with Gasteiger partial charge in [-0.2, -0.15) is 0 Å². The van der Waals surface area contributed by atoms with Gasteiger partial charge in [-0.25, -0.2) is 5.06 Å². The Morgan fingerprint density at radius 1 is 0.870 bits per heavy atom. The highest BCUT2D eigenvalue weighted by Gasteiger charge is 2.36. The molecular weight excluding hydrogens is 584 g/mol. The maximum absolute atomic E-state index is 14.1. The average molecular weight is 625 g/mol. The summed E-state index contributed by atoms with van der Waals surface area (Å²) in [6.45, 7) is 6.48. The minimum absolute atomic E-state index is 0.0378. The van der Waals surface area contributed by atoms with Crippen LogP contribution in [-0.4, -0.2) is 60.6 Å². The lowest BCUT2D eigenvalue weighted by Gasteiger charge is -2.34. The van der Waals surface area contributed by atoms with Crippen LogP contribution in [0.4, 0.5) is 0 Å². The van der Waals surface area contributed by atoms with Gasteiger partial charge in [0.2, 0.25) is 12.3 Å². The Bertz CT molecular complexity index is 1620. The van der Waals surface area contributed by atoms with E-state index >= 15 is 0 Å². The molecule has 9 nitrogen and oxygen atoms in total. The second-order valence-electron chi connectivity index (χ2n) is 11.3. The molecule has 1 aliphatic carbocycles. The first-order chi connectivity index (χ1) is 22.4. The first-order valence-electron chi connectivity index (χ1n) is 15.7. The molecule has 0 heterocycles. The van der Waals surface area contributed by atoms with Crippen molar-refractivity contribution in [3.05, 3.63) is 108 Å². The molecule has 0 saturated heterocycles. The van der Waals surface area contributed by atoms with E-state index in [4.69, 9.17) is 14.3 Å². The summed E-state index contributed by atoms with van der Waals surface area (Å²) in [4.78, 5) is 44.6. The number of carbonyl (C=O) groups excluding carboxylic acids is 2. The molecule has 0 fully saturated rings. The third kappa shape index (κ3) is 6.97. The zero-order valence-corrected chi connectivity index (χ0v) is 26.3. The first-order valence-corrected chi connectivity index (χ1v) is 15.7.